The molecule has 3 aromatic carbocycles. The highest BCUT2D eigenvalue weighted by atomic mass is 35.5. The van der Waals surface area contributed by atoms with Crippen LogP contribution in [0.2, 0.25) is 5.02 Å². The number of carbonyl (C=O) groups excluding carboxylic acids is 1. The second-order valence-electron chi connectivity index (χ2n) is 13.7. The first-order chi connectivity index (χ1) is 25.3. The molecule has 6 aromatic rings. The zero-order valence-corrected chi connectivity index (χ0v) is 32.1. The maximum Gasteiger partial charge on any atom is 0.352 e. The molecule has 0 saturated carbocycles. The number of carbonyl (C=O) groups is 2. The fourth-order valence-corrected chi connectivity index (χ4v) is 8.48. The van der Waals surface area contributed by atoms with Gasteiger partial charge in [-0.2, -0.15) is 10.2 Å². The minimum Gasteiger partial charge on any atom is -0.493 e. The quantitative estimate of drug-likeness (QED) is 0.202. The van der Waals surface area contributed by atoms with E-state index >= 15 is 0 Å². The number of halogens is 2. The van der Waals surface area contributed by atoms with Crippen LogP contribution in [0, 0.1) is 19.7 Å². The summed E-state index contributed by atoms with van der Waals surface area (Å²) >= 11 is 8.66. The van der Waals surface area contributed by atoms with Gasteiger partial charge in [-0.3, -0.25) is 19.1 Å². The molecule has 14 heteroatoms. The lowest BCUT2D eigenvalue weighted by Gasteiger charge is -2.23. The van der Waals surface area contributed by atoms with Gasteiger partial charge in [-0.1, -0.05) is 11.6 Å². The number of hydrogen-bond donors (Lipinski definition) is 1. The van der Waals surface area contributed by atoms with Gasteiger partial charge in [0, 0.05) is 102 Å². The average Bonchev–Trinajstić information content (AvgIpc) is 3.69. The molecule has 3 aromatic heterocycles. The Morgan fingerprint density at radius 2 is 1.81 bits per heavy atom. The van der Waals surface area contributed by atoms with Crippen LogP contribution in [-0.2, 0) is 44.3 Å². The molecular formula is C39H41ClFN7O4S. The van der Waals surface area contributed by atoms with Gasteiger partial charge < -0.3 is 19.3 Å². The zero-order chi connectivity index (χ0) is 37.7. The molecular weight excluding hydrogens is 717 g/mol. The highest BCUT2D eigenvalue weighted by Crippen LogP contribution is 2.43. The molecule has 11 nitrogen and oxygen atoms in total. The molecule has 4 heterocycles. The number of thioether (sulfide) groups is 1. The summed E-state index contributed by atoms with van der Waals surface area (Å²) in [6.45, 7) is 5.26. The Balaban J connectivity index is 1.40. The van der Waals surface area contributed by atoms with Crippen LogP contribution in [0.5, 0.6) is 5.75 Å². The van der Waals surface area contributed by atoms with E-state index < -0.39 is 5.97 Å². The number of amides is 1. The number of aryl methyl sites for hydroxylation is 4. The third-order valence-corrected chi connectivity index (χ3v) is 11.3. The van der Waals surface area contributed by atoms with E-state index in [2.05, 4.69) is 0 Å². The van der Waals surface area contributed by atoms with Crippen molar-refractivity contribution in [1.82, 2.24) is 33.9 Å². The van der Waals surface area contributed by atoms with Gasteiger partial charge in [-0.15, -0.1) is 11.8 Å². The fourth-order valence-electron chi connectivity index (χ4n) is 7.25. The monoisotopic (exact) mass is 757 g/mol. The minimum absolute atomic E-state index is 0.0682. The van der Waals surface area contributed by atoms with E-state index in [4.69, 9.17) is 26.5 Å². The third kappa shape index (κ3) is 7.00. The number of carboxylic acid groups (broad SMARTS) is 1. The molecule has 1 aliphatic rings. The number of benzene rings is 3. The van der Waals surface area contributed by atoms with Crippen molar-refractivity contribution in [3.8, 4) is 16.9 Å². The van der Waals surface area contributed by atoms with Gasteiger partial charge in [0.05, 0.1) is 24.5 Å². The van der Waals surface area contributed by atoms with Gasteiger partial charge in [-0.05, 0) is 79.7 Å². The molecule has 0 spiro atoms. The first-order valence-corrected chi connectivity index (χ1v) is 18.7. The summed E-state index contributed by atoms with van der Waals surface area (Å²) in [5.41, 5.74) is 6.36. The van der Waals surface area contributed by atoms with E-state index in [1.807, 2.05) is 66.4 Å². The largest absolute Gasteiger partial charge is 0.493 e. The highest BCUT2D eigenvalue weighted by Gasteiger charge is 2.28. The number of nitrogens with zero attached hydrogens (tertiary/aromatic N) is 7. The first kappa shape index (κ1) is 36.5. The summed E-state index contributed by atoms with van der Waals surface area (Å²) in [7, 11) is 7.24. The standard InChI is InChI=1S/C39H41ClFN7O4S/c1-22-35-32-11-10-30(40)37(35)36-23(2)45(5)43-31(36)19-47(20-34(49)44(3)4)18-26-16-27(46(6)42-26)21-53-28-15-24-14-25(41)8-9-29(24)33(17-28)52-13-7-12-48(32)38(22)39(50)51/h8-11,14-17H,7,12-13,18-21H2,1-6H3,(H,50,51). The van der Waals surface area contributed by atoms with Gasteiger partial charge in [-0.25, -0.2) is 9.18 Å². The normalized spacial score (nSPS) is 14.3. The zero-order valence-electron chi connectivity index (χ0n) is 30.5. The molecule has 0 radical (unpaired) electrons. The Bertz CT molecular complexity index is 2420. The molecule has 0 saturated heterocycles. The van der Waals surface area contributed by atoms with Gasteiger partial charge in [0.15, 0.2) is 0 Å². The molecule has 1 aliphatic heterocycles. The average molecular weight is 758 g/mol. The first-order valence-electron chi connectivity index (χ1n) is 17.3. The Kier molecular flexibility index (Phi) is 10.0. The van der Waals surface area contributed by atoms with Gasteiger partial charge >= 0.3 is 5.97 Å². The van der Waals surface area contributed by atoms with Gasteiger partial charge in [0.2, 0.25) is 5.91 Å². The van der Waals surface area contributed by atoms with Crippen LogP contribution in [-0.4, -0.2) is 78.2 Å². The number of fused-ring (bicyclic) bond motifs is 8. The summed E-state index contributed by atoms with van der Waals surface area (Å²) in [5.74, 6) is -0.218. The summed E-state index contributed by atoms with van der Waals surface area (Å²) in [6.07, 6.45) is 0.505. The maximum absolute atomic E-state index is 14.4. The molecule has 7 rings (SSSR count). The predicted molar refractivity (Wildman–Crippen MR) is 205 cm³/mol. The molecule has 276 valence electrons. The second-order valence-corrected chi connectivity index (χ2v) is 15.2. The summed E-state index contributed by atoms with van der Waals surface area (Å²) < 4.78 is 26.2. The lowest BCUT2D eigenvalue weighted by molar-refractivity contribution is -0.130. The van der Waals surface area contributed by atoms with Crippen molar-refractivity contribution >= 4 is 56.9 Å². The Labute approximate surface area is 315 Å². The van der Waals surface area contributed by atoms with Crippen LogP contribution in [0.15, 0.2) is 53.4 Å². The topological polar surface area (TPSA) is 111 Å². The van der Waals surface area contributed by atoms with Crippen molar-refractivity contribution in [3.05, 3.63) is 93.4 Å². The number of carboxylic acids is 1. The van der Waals surface area contributed by atoms with Crippen molar-refractivity contribution in [1.29, 1.82) is 0 Å². The smallest absolute Gasteiger partial charge is 0.352 e. The van der Waals surface area contributed by atoms with Crippen LogP contribution in [0.3, 0.4) is 0 Å². The number of aromatic nitrogens is 5. The third-order valence-electron chi connectivity index (χ3n) is 9.95. The molecule has 0 aliphatic carbocycles. The van der Waals surface area contributed by atoms with Gasteiger partial charge in [0.25, 0.3) is 0 Å². The van der Waals surface area contributed by atoms with Crippen molar-refractivity contribution in [2.75, 3.05) is 27.2 Å². The summed E-state index contributed by atoms with van der Waals surface area (Å²) in [4.78, 5) is 30.6. The highest BCUT2D eigenvalue weighted by molar-refractivity contribution is 7.98. The van der Waals surface area contributed by atoms with Crippen LogP contribution in [0.25, 0.3) is 32.8 Å². The van der Waals surface area contributed by atoms with Crippen molar-refractivity contribution in [2.24, 2.45) is 14.1 Å². The van der Waals surface area contributed by atoms with Crippen molar-refractivity contribution in [3.63, 3.8) is 0 Å². The van der Waals surface area contributed by atoms with Gasteiger partial charge in [0.1, 0.15) is 17.3 Å². The second kappa shape index (κ2) is 14.5. The number of rotatable bonds is 3. The number of hydrogen-bond acceptors (Lipinski definition) is 7. The minimum atomic E-state index is -1.04. The molecule has 53 heavy (non-hydrogen) atoms. The molecule has 1 N–H and O–H groups in total. The molecule has 8 bridgehead atoms. The number of ether oxygens (including phenoxy) is 1. The van der Waals surface area contributed by atoms with E-state index in [1.54, 1.807) is 47.6 Å². The lowest BCUT2D eigenvalue weighted by atomic mass is 9.96. The van der Waals surface area contributed by atoms with Crippen LogP contribution in [0.1, 0.15) is 45.2 Å². The molecule has 1 amide bonds. The number of aromatic carboxylic acids is 1. The van der Waals surface area contributed by atoms with Crippen LogP contribution >= 0.6 is 23.4 Å². The Morgan fingerprint density at radius 3 is 2.57 bits per heavy atom. The lowest BCUT2D eigenvalue weighted by Crippen LogP contribution is -2.36. The molecule has 0 unspecified atom stereocenters. The number of likely N-dealkylation sites (N-methyl/N-ethyl adjacent to an activating group) is 1. The summed E-state index contributed by atoms with van der Waals surface area (Å²) in [6, 6.07) is 14.3. The fraction of sp³-hybridized carbons (Fsp3) is 0.333. The molecule has 0 fully saturated rings. The summed E-state index contributed by atoms with van der Waals surface area (Å²) in [5, 5.41) is 23.0. The van der Waals surface area contributed by atoms with E-state index in [1.165, 1.54) is 12.1 Å². The van der Waals surface area contributed by atoms with Crippen LogP contribution in [0.4, 0.5) is 4.39 Å². The Morgan fingerprint density at radius 1 is 1.02 bits per heavy atom. The molecule has 0 atom stereocenters. The predicted octanol–water partition coefficient (Wildman–Crippen LogP) is 7.20. The van der Waals surface area contributed by atoms with Crippen molar-refractivity contribution in [2.45, 2.75) is 50.6 Å². The SMILES string of the molecule is Cc1c(C(=O)O)n2c3ccc(Cl)c(c13)-c1c(nn(C)c1C)CN(CC(=O)N(C)C)Cc1cc(n(C)n1)CSc1cc(c3ccc(F)cc3c1)OCCC2. The van der Waals surface area contributed by atoms with E-state index in [0.717, 1.165) is 49.2 Å². The van der Waals surface area contributed by atoms with Crippen LogP contribution < -0.4 is 4.74 Å². The Hall–Kier alpha value is -4.85. The van der Waals surface area contributed by atoms with E-state index in [0.29, 0.717) is 66.0 Å². The van der Waals surface area contributed by atoms with E-state index in [-0.39, 0.29) is 24.0 Å². The van der Waals surface area contributed by atoms with E-state index in [9.17, 15) is 19.1 Å². The van der Waals surface area contributed by atoms with Crippen molar-refractivity contribution < 1.29 is 23.8 Å². The maximum atomic E-state index is 14.4.